The molecule has 0 radical (unpaired) electrons. The van der Waals surface area contributed by atoms with Crippen molar-refractivity contribution < 1.29 is 30.3 Å². The molecule has 8 heteroatoms. The maximum absolute atomic E-state index is 10.9. The molecule has 1 saturated heterocycles. The van der Waals surface area contributed by atoms with Crippen molar-refractivity contribution in [2.75, 3.05) is 12.3 Å². The number of aliphatic hydroxyl groups excluding tert-OH is 5. The fourth-order valence-corrected chi connectivity index (χ4v) is 4.13. The molecule has 8 nitrogen and oxygen atoms in total. The zero-order chi connectivity index (χ0) is 22.3. The van der Waals surface area contributed by atoms with Gasteiger partial charge in [0.05, 0.1) is 6.61 Å². The summed E-state index contributed by atoms with van der Waals surface area (Å²) in [5, 5.41) is 52.4. The first-order chi connectivity index (χ1) is 14.8. The van der Waals surface area contributed by atoms with Gasteiger partial charge in [-0.15, -0.1) is 0 Å². The normalized spacial score (nSPS) is 27.4. The van der Waals surface area contributed by atoms with Crippen LogP contribution in [0.3, 0.4) is 0 Å². The lowest BCUT2D eigenvalue weighted by Gasteiger charge is -2.42. The SMILES string of the molecule is Cc1cc(-c2ccc3ccnc(N)c3c2)ccc1[C@@H](O)[C@H]1OC(CO)[C@@H](O)[C@H](O)C1O. The van der Waals surface area contributed by atoms with Crippen LogP contribution in [0.15, 0.2) is 48.7 Å². The largest absolute Gasteiger partial charge is 0.394 e. The zero-order valence-electron chi connectivity index (χ0n) is 17.0. The molecular weight excluding hydrogens is 400 g/mol. The predicted molar refractivity (Wildman–Crippen MR) is 115 cm³/mol. The van der Waals surface area contributed by atoms with E-state index in [1.54, 1.807) is 12.3 Å². The Morgan fingerprint density at radius 2 is 1.71 bits per heavy atom. The van der Waals surface area contributed by atoms with E-state index in [1.165, 1.54) is 0 Å². The fraction of sp³-hybridized carbons (Fsp3) is 0.348. The van der Waals surface area contributed by atoms with Gasteiger partial charge in [-0.05, 0) is 46.7 Å². The van der Waals surface area contributed by atoms with E-state index in [0.717, 1.165) is 27.5 Å². The van der Waals surface area contributed by atoms with Crippen LogP contribution in [-0.4, -0.2) is 67.6 Å². The maximum Gasteiger partial charge on any atom is 0.131 e. The second-order valence-corrected chi connectivity index (χ2v) is 7.94. The summed E-state index contributed by atoms with van der Waals surface area (Å²) in [7, 11) is 0. The van der Waals surface area contributed by atoms with Crippen molar-refractivity contribution in [2.24, 2.45) is 0 Å². The Kier molecular flexibility index (Phi) is 5.94. The van der Waals surface area contributed by atoms with Crippen molar-refractivity contribution in [3.05, 3.63) is 59.8 Å². The quantitative estimate of drug-likeness (QED) is 0.356. The summed E-state index contributed by atoms with van der Waals surface area (Å²) in [5.74, 6) is 0.450. The van der Waals surface area contributed by atoms with Crippen LogP contribution in [0.4, 0.5) is 5.82 Å². The number of ether oxygens (including phenoxy) is 1. The Balaban J connectivity index is 1.64. The number of aliphatic hydroxyl groups is 5. The van der Waals surface area contributed by atoms with Gasteiger partial charge in [-0.2, -0.15) is 0 Å². The molecule has 0 aliphatic carbocycles. The first-order valence-electron chi connectivity index (χ1n) is 10.1. The van der Waals surface area contributed by atoms with Crippen LogP contribution in [0, 0.1) is 6.92 Å². The van der Waals surface area contributed by atoms with Gasteiger partial charge in [0, 0.05) is 11.6 Å². The molecule has 1 aromatic heterocycles. The number of aromatic nitrogens is 1. The lowest BCUT2D eigenvalue weighted by Crippen LogP contribution is -2.59. The van der Waals surface area contributed by atoms with E-state index in [0.29, 0.717) is 11.4 Å². The number of hydrogen-bond donors (Lipinski definition) is 6. The van der Waals surface area contributed by atoms with Gasteiger partial charge in [0.1, 0.15) is 42.4 Å². The van der Waals surface area contributed by atoms with Crippen molar-refractivity contribution in [2.45, 2.75) is 43.5 Å². The lowest BCUT2D eigenvalue weighted by atomic mass is 9.87. The van der Waals surface area contributed by atoms with Crippen LogP contribution in [0.25, 0.3) is 21.9 Å². The molecule has 1 aliphatic heterocycles. The summed E-state index contributed by atoms with van der Waals surface area (Å²) in [6.07, 6.45) is -6.40. The van der Waals surface area contributed by atoms with E-state index >= 15 is 0 Å². The lowest BCUT2D eigenvalue weighted by molar-refractivity contribution is -0.250. The van der Waals surface area contributed by atoms with E-state index < -0.39 is 43.2 Å². The highest BCUT2D eigenvalue weighted by atomic mass is 16.6. The summed E-state index contributed by atoms with van der Waals surface area (Å²) in [4.78, 5) is 4.13. The number of aryl methyl sites for hydroxylation is 1. The molecule has 164 valence electrons. The zero-order valence-corrected chi connectivity index (χ0v) is 17.0. The highest BCUT2D eigenvalue weighted by Gasteiger charge is 2.46. The third-order valence-electron chi connectivity index (χ3n) is 5.96. The minimum absolute atomic E-state index is 0.450. The minimum atomic E-state index is -1.54. The van der Waals surface area contributed by atoms with E-state index in [-0.39, 0.29) is 0 Å². The van der Waals surface area contributed by atoms with Crippen LogP contribution in [-0.2, 0) is 4.74 Å². The van der Waals surface area contributed by atoms with Crippen molar-refractivity contribution >= 4 is 16.6 Å². The average molecular weight is 426 g/mol. The number of nitrogens with zero attached hydrogens (tertiary/aromatic N) is 1. The highest BCUT2D eigenvalue weighted by Crippen LogP contribution is 2.34. The highest BCUT2D eigenvalue weighted by molar-refractivity contribution is 5.94. The average Bonchev–Trinajstić information content (AvgIpc) is 2.77. The summed E-state index contributed by atoms with van der Waals surface area (Å²) in [5.41, 5.74) is 9.10. The second kappa shape index (κ2) is 8.51. The number of rotatable bonds is 4. The van der Waals surface area contributed by atoms with Crippen LogP contribution in [0.1, 0.15) is 17.2 Å². The van der Waals surface area contributed by atoms with Crippen LogP contribution in [0.5, 0.6) is 0 Å². The van der Waals surface area contributed by atoms with E-state index in [2.05, 4.69) is 4.98 Å². The molecule has 6 atom stereocenters. The fourth-order valence-electron chi connectivity index (χ4n) is 4.13. The minimum Gasteiger partial charge on any atom is -0.394 e. The standard InChI is InChI=1S/C23H26N2O6/c1-11-8-13(14-3-2-12-6-7-25-23(24)16(12)9-14)4-5-15(11)18(27)22-21(30)20(29)19(28)17(10-26)31-22/h2-9,17-22,26-30H,10H2,1H3,(H2,24,25)/t17?,18-,19-,20+,21?,22-/m1/s1. The molecular formula is C23H26N2O6. The molecule has 2 heterocycles. The molecule has 0 spiro atoms. The summed E-state index contributed by atoms with van der Waals surface area (Å²) in [6.45, 7) is 1.27. The number of nitrogen functional groups attached to an aromatic ring is 1. The molecule has 0 bridgehead atoms. The molecule has 1 fully saturated rings. The third-order valence-corrected chi connectivity index (χ3v) is 5.96. The number of fused-ring (bicyclic) bond motifs is 1. The summed E-state index contributed by atoms with van der Waals surface area (Å²) < 4.78 is 5.50. The second-order valence-electron chi connectivity index (χ2n) is 7.94. The monoisotopic (exact) mass is 426 g/mol. The van der Waals surface area contributed by atoms with Crippen LogP contribution >= 0.6 is 0 Å². The number of benzene rings is 2. The molecule has 31 heavy (non-hydrogen) atoms. The topological polar surface area (TPSA) is 149 Å². The van der Waals surface area contributed by atoms with Gasteiger partial charge in [0.25, 0.3) is 0 Å². The van der Waals surface area contributed by atoms with Crippen molar-refractivity contribution in [1.29, 1.82) is 0 Å². The van der Waals surface area contributed by atoms with Gasteiger partial charge in [0.2, 0.25) is 0 Å². The Morgan fingerprint density at radius 3 is 2.42 bits per heavy atom. The molecule has 0 amide bonds. The van der Waals surface area contributed by atoms with E-state index in [1.807, 2.05) is 43.3 Å². The molecule has 3 aromatic rings. The van der Waals surface area contributed by atoms with E-state index in [9.17, 15) is 25.5 Å². The molecule has 0 saturated carbocycles. The number of hydrogen-bond acceptors (Lipinski definition) is 8. The molecule has 2 aromatic carbocycles. The predicted octanol–water partition coefficient (Wildman–Crippen LogP) is 0.668. The molecule has 4 rings (SSSR count). The van der Waals surface area contributed by atoms with Gasteiger partial charge in [0.15, 0.2) is 0 Å². The summed E-state index contributed by atoms with van der Waals surface area (Å²) in [6, 6.07) is 13.3. The van der Waals surface area contributed by atoms with Gasteiger partial charge < -0.3 is 36.0 Å². The summed E-state index contributed by atoms with van der Waals surface area (Å²) >= 11 is 0. The Labute approximate surface area is 179 Å². The van der Waals surface area contributed by atoms with Crippen LogP contribution < -0.4 is 5.73 Å². The third kappa shape index (κ3) is 3.89. The molecule has 1 aliphatic rings. The van der Waals surface area contributed by atoms with Gasteiger partial charge >= 0.3 is 0 Å². The van der Waals surface area contributed by atoms with Crippen LogP contribution in [0.2, 0.25) is 0 Å². The van der Waals surface area contributed by atoms with E-state index in [4.69, 9.17) is 10.5 Å². The van der Waals surface area contributed by atoms with Crippen molar-refractivity contribution in [3.8, 4) is 11.1 Å². The molecule has 2 unspecified atom stereocenters. The molecule has 7 N–H and O–H groups in total. The van der Waals surface area contributed by atoms with Crippen molar-refractivity contribution in [1.82, 2.24) is 4.98 Å². The Morgan fingerprint density at radius 1 is 1.00 bits per heavy atom. The number of nitrogens with two attached hydrogens (primary N) is 1. The maximum atomic E-state index is 10.9. The Bertz CT molecular complexity index is 1090. The van der Waals surface area contributed by atoms with Gasteiger partial charge in [-0.3, -0.25) is 0 Å². The van der Waals surface area contributed by atoms with Gasteiger partial charge in [-0.25, -0.2) is 4.98 Å². The van der Waals surface area contributed by atoms with Crippen molar-refractivity contribution in [3.63, 3.8) is 0 Å². The smallest absolute Gasteiger partial charge is 0.131 e. The Hall–Kier alpha value is -2.59. The first kappa shape index (κ1) is 21.6. The number of pyridine rings is 1. The van der Waals surface area contributed by atoms with Gasteiger partial charge in [-0.1, -0.05) is 30.3 Å². The number of anilines is 1. The first-order valence-corrected chi connectivity index (χ1v) is 10.1.